The van der Waals surface area contributed by atoms with Crippen LogP contribution in [-0.2, 0) is 15.9 Å². The molecule has 0 radical (unpaired) electrons. The van der Waals surface area contributed by atoms with Crippen molar-refractivity contribution < 1.29 is 9.47 Å². The Kier molecular flexibility index (Phi) is 4.78. The van der Waals surface area contributed by atoms with Crippen LogP contribution in [0.4, 0.5) is 0 Å². The molecule has 4 heteroatoms. The summed E-state index contributed by atoms with van der Waals surface area (Å²) in [4.78, 5) is 1.39. The summed E-state index contributed by atoms with van der Waals surface area (Å²) >= 11 is 1.79. The predicted molar refractivity (Wildman–Crippen MR) is 66.0 cm³/mol. The molecule has 0 aromatic carbocycles. The molecule has 0 bridgehead atoms. The zero-order valence-electron chi connectivity index (χ0n) is 9.65. The van der Waals surface area contributed by atoms with Crippen LogP contribution in [0.2, 0.25) is 0 Å². The first-order valence-electron chi connectivity index (χ1n) is 5.81. The van der Waals surface area contributed by atoms with Gasteiger partial charge in [0.25, 0.3) is 0 Å². The van der Waals surface area contributed by atoms with E-state index in [9.17, 15) is 0 Å². The van der Waals surface area contributed by atoms with Gasteiger partial charge in [-0.1, -0.05) is 6.07 Å². The summed E-state index contributed by atoms with van der Waals surface area (Å²) in [6, 6.07) is 4.23. The van der Waals surface area contributed by atoms with Gasteiger partial charge in [-0.2, -0.15) is 0 Å². The molecular weight excluding hydrogens is 222 g/mol. The fourth-order valence-corrected chi connectivity index (χ4v) is 2.50. The molecule has 2 heterocycles. The number of nitrogens with one attached hydrogen (secondary N) is 1. The summed E-state index contributed by atoms with van der Waals surface area (Å²) < 4.78 is 11.4. The van der Waals surface area contributed by atoms with Gasteiger partial charge in [-0.15, -0.1) is 11.3 Å². The van der Waals surface area contributed by atoms with Crippen LogP contribution in [0.1, 0.15) is 11.8 Å². The molecule has 90 valence electrons. The zero-order chi connectivity index (χ0) is 11.2. The van der Waals surface area contributed by atoms with Crippen LogP contribution in [0.25, 0.3) is 0 Å². The molecule has 1 aliphatic rings. The summed E-state index contributed by atoms with van der Waals surface area (Å²) in [6.45, 7) is 5.43. The van der Waals surface area contributed by atoms with Crippen molar-refractivity contribution in [3.05, 3.63) is 22.4 Å². The van der Waals surface area contributed by atoms with E-state index in [-0.39, 0.29) is 6.10 Å². The second-order valence-corrected chi connectivity index (χ2v) is 5.16. The molecular formula is C12H19NO2S. The quantitative estimate of drug-likeness (QED) is 0.796. The molecule has 1 aromatic heterocycles. The van der Waals surface area contributed by atoms with E-state index in [4.69, 9.17) is 9.47 Å². The molecule has 16 heavy (non-hydrogen) atoms. The van der Waals surface area contributed by atoms with Crippen molar-refractivity contribution in [3.63, 3.8) is 0 Å². The molecule has 2 atom stereocenters. The third-order valence-electron chi connectivity index (χ3n) is 2.61. The minimum absolute atomic E-state index is 0.215. The Morgan fingerprint density at radius 1 is 1.56 bits per heavy atom. The van der Waals surface area contributed by atoms with Crippen LogP contribution < -0.4 is 5.32 Å². The highest BCUT2D eigenvalue weighted by molar-refractivity contribution is 7.09. The van der Waals surface area contributed by atoms with E-state index in [1.54, 1.807) is 11.3 Å². The van der Waals surface area contributed by atoms with Crippen molar-refractivity contribution in [1.82, 2.24) is 5.32 Å². The van der Waals surface area contributed by atoms with Gasteiger partial charge in [-0.3, -0.25) is 0 Å². The monoisotopic (exact) mass is 241 g/mol. The Balaban J connectivity index is 1.57. The molecule has 3 nitrogen and oxygen atoms in total. The van der Waals surface area contributed by atoms with Crippen LogP contribution in [-0.4, -0.2) is 38.5 Å². The van der Waals surface area contributed by atoms with Crippen LogP contribution in [0.15, 0.2) is 17.5 Å². The minimum atomic E-state index is 0.215. The molecule has 0 amide bonds. The highest BCUT2D eigenvalue weighted by Gasteiger charge is 2.18. The number of morpholine rings is 1. The molecule has 0 saturated carbocycles. The highest BCUT2D eigenvalue weighted by Crippen LogP contribution is 2.09. The lowest BCUT2D eigenvalue weighted by atomic mass is 10.2. The SMILES string of the molecule is CC1CNCC(COCCc2cccs2)O1. The molecule has 1 fully saturated rings. The Morgan fingerprint density at radius 2 is 2.50 bits per heavy atom. The van der Waals surface area contributed by atoms with E-state index in [1.807, 2.05) is 0 Å². The summed E-state index contributed by atoms with van der Waals surface area (Å²) in [5.41, 5.74) is 0. The lowest BCUT2D eigenvalue weighted by Crippen LogP contribution is -2.45. The van der Waals surface area contributed by atoms with Gasteiger partial charge in [0.1, 0.15) is 0 Å². The van der Waals surface area contributed by atoms with E-state index in [0.717, 1.165) is 26.1 Å². The van der Waals surface area contributed by atoms with Crippen LogP contribution in [0.3, 0.4) is 0 Å². The van der Waals surface area contributed by atoms with E-state index >= 15 is 0 Å². The maximum Gasteiger partial charge on any atom is 0.0936 e. The van der Waals surface area contributed by atoms with E-state index in [2.05, 4.69) is 29.8 Å². The number of thiophene rings is 1. The molecule has 1 N–H and O–H groups in total. The number of hydrogen-bond donors (Lipinski definition) is 1. The van der Waals surface area contributed by atoms with Crippen LogP contribution in [0.5, 0.6) is 0 Å². The minimum Gasteiger partial charge on any atom is -0.378 e. The highest BCUT2D eigenvalue weighted by atomic mass is 32.1. The first-order valence-corrected chi connectivity index (χ1v) is 6.69. The van der Waals surface area contributed by atoms with Gasteiger partial charge in [0.05, 0.1) is 25.4 Å². The van der Waals surface area contributed by atoms with E-state index in [0.29, 0.717) is 12.7 Å². The lowest BCUT2D eigenvalue weighted by molar-refractivity contribution is -0.0680. The van der Waals surface area contributed by atoms with Crippen molar-refractivity contribution in [2.45, 2.75) is 25.6 Å². The van der Waals surface area contributed by atoms with Crippen molar-refractivity contribution in [3.8, 4) is 0 Å². The lowest BCUT2D eigenvalue weighted by Gasteiger charge is -2.28. The topological polar surface area (TPSA) is 30.5 Å². The fraction of sp³-hybridized carbons (Fsp3) is 0.667. The number of rotatable bonds is 5. The summed E-state index contributed by atoms with van der Waals surface area (Å²) in [5.74, 6) is 0. The van der Waals surface area contributed by atoms with E-state index < -0.39 is 0 Å². The van der Waals surface area contributed by atoms with Gasteiger partial charge >= 0.3 is 0 Å². The molecule has 2 rings (SSSR count). The third kappa shape index (κ3) is 3.87. The average Bonchev–Trinajstić information content (AvgIpc) is 2.77. The maximum absolute atomic E-state index is 5.74. The summed E-state index contributed by atoms with van der Waals surface area (Å²) in [7, 11) is 0. The van der Waals surface area contributed by atoms with Gasteiger partial charge in [-0.05, 0) is 18.4 Å². The first-order chi connectivity index (χ1) is 7.84. The average molecular weight is 241 g/mol. The van der Waals surface area contributed by atoms with Crippen molar-refractivity contribution in [1.29, 1.82) is 0 Å². The Morgan fingerprint density at radius 3 is 3.25 bits per heavy atom. The largest absolute Gasteiger partial charge is 0.378 e. The fourth-order valence-electron chi connectivity index (χ4n) is 1.81. The Bertz CT molecular complexity index is 289. The van der Waals surface area contributed by atoms with Gasteiger partial charge in [0, 0.05) is 24.4 Å². The molecule has 1 saturated heterocycles. The second kappa shape index (κ2) is 6.35. The van der Waals surface area contributed by atoms with Gasteiger partial charge in [0.15, 0.2) is 0 Å². The van der Waals surface area contributed by atoms with Gasteiger partial charge in [-0.25, -0.2) is 0 Å². The molecule has 2 unspecified atom stereocenters. The third-order valence-corrected chi connectivity index (χ3v) is 3.54. The second-order valence-electron chi connectivity index (χ2n) is 4.13. The van der Waals surface area contributed by atoms with Crippen molar-refractivity contribution >= 4 is 11.3 Å². The Labute approximate surface area is 101 Å². The molecule has 1 aromatic rings. The molecule has 0 aliphatic carbocycles. The molecule has 1 aliphatic heterocycles. The van der Waals surface area contributed by atoms with Crippen LogP contribution >= 0.6 is 11.3 Å². The summed E-state index contributed by atoms with van der Waals surface area (Å²) in [6.07, 6.45) is 1.53. The predicted octanol–water partition coefficient (Wildman–Crippen LogP) is 1.68. The van der Waals surface area contributed by atoms with Crippen LogP contribution in [0, 0.1) is 0 Å². The standard InChI is InChI=1S/C12H19NO2S/c1-10-7-13-8-11(15-10)9-14-5-4-12-3-2-6-16-12/h2-3,6,10-11,13H,4-5,7-9H2,1H3. The number of ether oxygens (including phenoxy) is 2. The molecule has 0 spiro atoms. The van der Waals surface area contributed by atoms with Gasteiger partial charge < -0.3 is 14.8 Å². The normalized spacial score (nSPS) is 25.8. The zero-order valence-corrected chi connectivity index (χ0v) is 10.5. The maximum atomic E-state index is 5.74. The first kappa shape index (κ1) is 12.0. The van der Waals surface area contributed by atoms with E-state index in [1.165, 1.54) is 4.88 Å². The Hall–Kier alpha value is -0.420. The number of hydrogen-bond acceptors (Lipinski definition) is 4. The van der Waals surface area contributed by atoms with Crippen molar-refractivity contribution in [2.75, 3.05) is 26.3 Å². The summed E-state index contributed by atoms with van der Waals surface area (Å²) in [5, 5.41) is 5.44. The van der Waals surface area contributed by atoms with Crippen molar-refractivity contribution in [2.24, 2.45) is 0 Å². The van der Waals surface area contributed by atoms with Gasteiger partial charge in [0.2, 0.25) is 0 Å². The smallest absolute Gasteiger partial charge is 0.0936 e.